The number of hydrogen-bond acceptors (Lipinski definition) is 4. The van der Waals surface area contributed by atoms with E-state index in [0.717, 1.165) is 0 Å². The van der Waals surface area contributed by atoms with Gasteiger partial charge in [-0.2, -0.15) is 4.89 Å². The van der Waals surface area contributed by atoms with Gasteiger partial charge in [0.15, 0.2) is 11.5 Å². The molecule has 4 nitrogen and oxygen atoms in total. The summed E-state index contributed by atoms with van der Waals surface area (Å²) in [5, 5.41) is 8.96. The normalized spacial score (nSPS) is 23.3. The predicted octanol–water partition coefficient (Wildman–Crippen LogP) is -0.0519. The highest BCUT2D eigenvalue weighted by molar-refractivity contribution is 5.96. The number of ketones is 1. The van der Waals surface area contributed by atoms with Gasteiger partial charge >= 0.3 is 0 Å². The van der Waals surface area contributed by atoms with Gasteiger partial charge in [0, 0.05) is 0 Å². The molecule has 1 atom stereocenters. The van der Waals surface area contributed by atoms with Gasteiger partial charge in [0.05, 0.1) is 7.11 Å². The van der Waals surface area contributed by atoms with Crippen molar-refractivity contribution in [2.24, 2.45) is 0 Å². The van der Waals surface area contributed by atoms with E-state index in [1.54, 1.807) is 0 Å². The minimum atomic E-state index is -1.11. The molecule has 0 spiro atoms. The van der Waals surface area contributed by atoms with Crippen molar-refractivity contribution in [3.63, 3.8) is 0 Å². The first-order chi connectivity index (χ1) is 5.24. The van der Waals surface area contributed by atoms with E-state index < -0.39 is 6.10 Å². The molecule has 0 heterocycles. The zero-order valence-corrected chi connectivity index (χ0v) is 5.98. The fraction of sp³-hybridized carbons (Fsp3) is 0.286. The summed E-state index contributed by atoms with van der Waals surface area (Å²) in [5.74, 6) is -0.0203. The molecule has 0 aromatic rings. The van der Waals surface area contributed by atoms with Crippen molar-refractivity contribution in [3.05, 3.63) is 24.0 Å². The molecule has 4 heteroatoms. The second-order valence-electron chi connectivity index (χ2n) is 2.00. The van der Waals surface area contributed by atoms with E-state index in [9.17, 15) is 4.79 Å². The highest BCUT2D eigenvalue weighted by Crippen LogP contribution is 2.08. The first-order valence-corrected chi connectivity index (χ1v) is 3.06. The van der Waals surface area contributed by atoms with E-state index in [4.69, 9.17) is 5.11 Å². The summed E-state index contributed by atoms with van der Waals surface area (Å²) in [5.41, 5.74) is 0. The maximum absolute atomic E-state index is 10.7. The van der Waals surface area contributed by atoms with Crippen LogP contribution in [0.15, 0.2) is 24.0 Å². The van der Waals surface area contributed by atoms with E-state index in [1.165, 1.54) is 25.3 Å². The van der Waals surface area contributed by atoms with E-state index >= 15 is 0 Å². The molecule has 1 aliphatic carbocycles. The van der Waals surface area contributed by atoms with Gasteiger partial charge in [0.2, 0.25) is 0 Å². The van der Waals surface area contributed by atoms with Gasteiger partial charge in [0.25, 0.3) is 0 Å². The zero-order chi connectivity index (χ0) is 8.27. The van der Waals surface area contributed by atoms with Crippen molar-refractivity contribution < 1.29 is 19.7 Å². The van der Waals surface area contributed by atoms with Crippen LogP contribution in [0.4, 0.5) is 0 Å². The number of aliphatic hydroxyl groups is 1. The molecule has 0 fully saturated rings. The second kappa shape index (κ2) is 3.32. The standard InChI is InChI=1S/C7H8O4/c1-10-11-5-2-3-6(8)7(9)4-5/h2-4,7,9H,1H3. The van der Waals surface area contributed by atoms with Crippen LogP contribution in [-0.4, -0.2) is 24.1 Å². The quantitative estimate of drug-likeness (QED) is 0.449. The number of aliphatic hydroxyl groups excluding tert-OH is 1. The number of carbonyl (C=O) groups excluding carboxylic acids is 1. The summed E-state index contributed by atoms with van der Waals surface area (Å²) in [7, 11) is 1.34. The molecule has 1 rings (SSSR count). The number of hydrogen-bond donors (Lipinski definition) is 1. The van der Waals surface area contributed by atoms with Gasteiger partial charge in [-0.05, 0) is 18.2 Å². The lowest BCUT2D eigenvalue weighted by Crippen LogP contribution is -2.18. The molecular formula is C7H8O4. The Morgan fingerprint density at radius 3 is 2.82 bits per heavy atom. The van der Waals surface area contributed by atoms with Crippen LogP contribution < -0.4 is 0 Å². The Morgan fingerprint density at radius 2 is 2.27 bits per heavy atom. The van der Waals surface area contributed by atoms with Gasteiger partial charge in [0.1, 0.15) is 6.10 Å². The maximum atomic E-state index is 10.7. The van der Waals surface area contributed by atoms with E-state index in [1.807, 2.05) is 0 Å². The van der Waals surface area contributed by atoms with Gasteiger partial charge in [-0.3, -0.25) is 4.79 Å². The van der Waals surface area contributed by atoms with Crippen molar-refractivity contribution in [3.8, 4) is 0 Å². The highest BCUT2D eigenvalue weighted by Gasteiger charge is 2.15. The third-order valence-corrected chi connectivity index (χ3v) is 1.21. The van der Waals surface area contributed by atoms with Crippen molar-refractivity contribution in [1.29, 1.82) is 0 Å². The summed E-state index contributed by atoms with van der Waals surface area (Å²) >= 11 is 0. The molecule has 0 aromatic carbocycles. The summed E-state index contributed by atoms with van der Waals surface area (Å²) in [4.78, 5) is 19.6. The highest BCUT2D eigenvalue weighted by atomic mass is 17.2. The first-order valence-electron chi connectivity index (χ1n) is 3.06. The van der Waals surface area contributed by atoms with E-state index in [-0.39, 0.29) is 5.78 Å². The predicted molar refractivity (Wildman–Crippen MR) is 36.3 cm³/mol. The Labute approximate surface area is 63.7 Å². The van der Waals surface area contributed by atoms with Crippen LogP contribution in [-0.2, 0) is 14.6 Å². The molecule has 0 amide bonds. The molecule has 1 aliphatic rings. The average molecular weight is 156 g/mol. The minimum Gasteiger partial charge on any atom is -0.381 e. The smallest absolute Gasteiger partial charge is 0.188 e. The second-order valence-corrected chi connectivity index (χ2v) is 2.00. The summed E-state index contributed by atoms with van der Waals surface area (Å²) < 4.78 is 0. The van der Waals surface area contributed by atoms with Crippen LogP contribution in [0, 0.1) is 0 Å². The van der Waals surface area contributed by atoms with Gasteiger partial charge in [-0.1, -0.05) is 0 Å². The molecule has 0 bridgehead atoms. The average Bonchev–Trinajstić information content (AvgIpc) is 1.98. The topological polar surface area (TPSA) is 55.8 Å². The minimum absolute atomic E-state index is 0.333. The lowest BCUT2D eigenvalue weighted by Gasteiger charge is -2.08. The summed E-state index contributed by atoms with van der Waals surface area (Å²) in [6.07, 6.45) is 2.83. The summed E-state index contributed by atoms with van der Waals surface area (Å²) in [6.45, 7) is 0. The fourth-order valence-corrected chi connectivity index (χ4v) is 0.708. The molecular weight excluding hydrogens is 148 g/mol. The Hall–Kier alpha value is -1.13. The molecule has 0 saturated carbocycles. The maximum Gasteiger partial charge on any atom is 0.188 e. The molecule has 0 radical (unpaired) electrons. The first kappa shape index (κ1) is 7.97. The van der Waals surface area contributed by atoms with Crippen LogP contribution in [0.3, 0.4) is 0 Å². The van der Waals surface area contributed by atoms with Gasteiger partial charge in [-0.25, -0.2) is 0 Å². The molecule has 60 valence electrons. The van der Waals surface area contributed by atoms with Crippen LogP contribution >= 0.6 is 0 Å². The number of carbonyl (C=O) groups is 1. The molecule has 1 unspecified atom stereocenters. The van der Waals surface area contributed by atoms with Crippen LogP contribution in [0.1, 0.15) is 0 Å². The Morgan fingerprint density at radius 1 is 1.55 bits per heavy atom. The van der Waals surface area contributed by atoms with Crippen molar-refractivity contribution >= 4 is 5.78 Å². The van der Waals surface area contributed by atoms with Gasteiger partial charge in [-0.15, -0.1) is 0 Å². The third-order valence-electron chi connectivity index (χ3n) is 1.21. The SMILES string of the molecule is COOC1=CC(O)C(=O)C=C1. The number of rotatable bonds is 2. The third kappa shape index (κ3) is 1.89. The van der Waals surface area contributed by atoms with Crippen molar-refractivity contribution in [2.45, 2.75) is 6.10 Å². The van der Waals surface area contributed by atoms with E-state index in [0.29, 0.717) is 5.76 Å². The van der Waals surface area contributed by atoms with Crippen LogP contribution in [0.5, 0.6) is 0 Å². The van der Waals surface area contributed by atoms with Crippen LogP contribution in [0.25, 0.3) is 0 Å². The Bertz CT molecular complexity index is 216. The van der Waals surface area contributed by atoms with Crippen molar-refractivity contribution in [1.82, 2.24) is 0 Å². The van der Waals surface area contributed by atoms with E-state index in [2.05, 4.69) is 9.78 Å². The molecule has 1 N–H and O–H groups in total. The molecule has 0 saturated heterocycles. The monoisotopic (exact) mass is 156 g/mol. The Balaban J connectivity index is 2.64. The van der Waals surface area contributed by atoms with Gasteiger partial charge < -0.3 is 9.99 Å². The Kier molecular flexibility index (Phi) is 2.40. The lowest BCUT2D eigenvalue weighted by atomic mass is 10.1. The summed E-state index contributed by atoms with van der Waals surface area (Å²) in [6, 6.07) is 0. The zero-order valence-electron chi connectivity index (χ0n) is 5.98. The molecule has 0 aromatic heterocycles. The fourth-order valence-electron chi connectivity index (χ4n) is 0.708. The molecule has 0 aliphatic heterocycles. The molecule has 11 heavy (non-hydrogen) atoms. The lowest BCUT2D eigenvalue weighted by molar-refractivity contribution is -0.233. The largest absolute Gasteiger partial charge is 0.381 e. The van der Waals surface area contributed by atoms with Crippen LogP contribution in [0.2, 0.25) is 0 Å². The van der Waals surface area contributed by atoms with Crippen molar-refractivity contribution in [2.75, 3.05) is 7.11 Å². The number of allylic oxidation sites excluding steroid dienone is 1.